The van der Waals surface area contributed by atoms with Crippen LogP contribution in [0.2, 0.25) is 5.02 Å². The van der Waals surface area contributed by atoms with Gasteiger partial charge in [-0.1, -0.05) is 41.0 Å². The van der Waals surface area contributed by atoms with Crippen LogP contribution in [0.25, 0.3) is 0 Å². The van der Waals surface area contributed by atoms with E-state index in [1.54, 1.807) is 31.2 Å². The number of hydrogen-bond acceptors (Lipinski definition) is 3. The Hall–Kier alpha value is -2.40. The van der Waals surface area contributed by atoms with Crippen LogP contribution >= 0.6 is 11.6 Å². The quantitative estimate of drug-likeness (QED) is 0.513. The molecule has 0 aliphatic heterocycles. The summed E-state index contributed by atoms with van der Waals surface area (Å²) in [5.41, 5.74) is 1.02. The minimum atomic E-state index is -0.704. The summed E-state index contributed by atoms with van der Waals surface area (Å²) in [4.78, 5) is 12.2. The zero-order valence-electron chi connectivity index (χ0n) is 11.1. The molecule has 6 heteroatoms. The number of nitrogens with one attached hydrogen (secondary N) is 1. The summed E-state index contributed by atoms with van der Waals surface area (Å²) in [5.74, 6) is -1.37. The van der Waals surface area contributed by atoms with Crippen molar-refractivity contribution in [2.24, 2.45) is 5.16 Å². The lowest BCUT2D eigenvalue weighted by Crippen LogP contribution is -2.16. The van der Waals surface area contributed by atoms with Gasteiger partial charge >= 0.3 is 0 Å². The normalized spacial score (nSPS) is 11.3. The molecule has 2 aromatic carbocycles. The van der Waals surface area contributed by atoms with E-state index in [0.717, 1.165) is 6.07 Å². The Morgan fingerprint density at radius 3 is 2.62 bits per heavy atom. The predicted octanol–water partition coefficient (Wildman–Crippen LogP) is 3.93. The molecule has 0 bridgehead atoms. The first kappa shape index (κ1) is 15.0. The van der Waals surface area contributed by atoms with Crippen molar-refractivity contribution in [3.8, 4) is 0 Å². The molecule has 0 saturated carbocycles. The smallest absolute Gasteiger partial charge is 0.260 e. The summed E-state index contributed by atoms with van der Waals surface area (Å²) in [5, 5.41) is 14.5. The van der Waals surface area contributed by atoms with Gasteiger partial charge in [-0.3, -0.25) is 4.79 Å². The average molecular weight is 307 g/mol. The maximum absolute atomic E-state index is 13.7. The van der Waals surface area contributed by atoms with Crippen LogP contribution in [0.3, 0.4) is 0 Å². The second kappa shape index (κ2) is 6.37. The lowest BCUT2D eigenvalue weighted by molar-refractivity contribution is 0.102. The molecule has 0 aliphatic carbocycles. The van der Waals surface area contributed by atoms with Gasteiger partial charge in [-0.2, -0.15) is 0 Å². The number of rotatable bonds is 3. The number of carbonyl (C=O) groups is 1. The largest absolute Gasteiger partial charge is 0.411 e. The highest BCUT2D eigenvalue weighted by atomic mass is 35.5. The van der Waals surface area contributed by atoms with Crippen molar-refractivity contribution in [3.05, 3.63) is 64.4 Å². The molecule has 0 aromatic heterocycles. The Labute approximate surface area is 125 Å². The fraction of sp³-hybridized carbons (Fsp3) is 0.0667. The lowest BCUT2D eigenvalue weighted by atomic mass is 10.1. The molecule has 4 nitrogen and oxygen atoms in total. The van der Waals surface area contributed by atoms with Gasteiger partial charge < -0.3 is 10.5 Å². The molecule has 0 saturated heterocycles. The van der Waals surface area contributed by atoms with Gasteiger partial charge in [0.05, 0.1) is 22.0 Å². The van der Waals surface area contributed by atoms with E-state index in [4.69, 9.17) is 16.8 Å². The number of benzene rings is 2. The van der Waals surface area contributed by atoms with E-state index in [2.05, 4.69) is 10.5 Å². The van der Waals surface area contributed by atoms with Gasteiger partial charge in [0.2, 0.25) is 0 Å². The van der Waals surface area contributed by atoms with Crippen molar-refractivity contribution < 1.29 is 14.4 Å². The molecule has 0 radical (unpaired) electrons. The molecule has 0 fully saturated rings. The Bertz CT molecular complexity index is 696. The maximum atomic E-state index is 13.7. The number of halogens is 2. The molecule has 0 spiro atoms. The molecule has 2 rings (SSSR count). The minimum Gasteiger partial charge on any atom is -0.411 e. The summed E-state index contributed by atoms with van der Waals surface area (Å²) < 4.78 is 13.7. The predicted molar refractivity (Wildman–Crippen MR) is 79.8 cm³/mol. The van der Waals surface area contributed by atoms with Crippen molar-refractivity contribution in [3.63, 3.8) is 0 Å². The van der Waals surface area contributed by atoms with Crippen LogP contribution in [0.1, 0.15) is 22.8 Å². The molecule has 0 unspecified atom stereocenters. The first-order valence-corrected chi connectivity index (χ1v) is 6.46. The fourth-order valence-electron chi connectivity index (χ4n) is 1.86. The summed E-state index contributed by atoms with van der Waals surface area (Å²) in [6.07, 6.45) is 0. The van der Waals surface area contributed by atoms with Crippen LogP contribution < -0.4 is 5.32 Å². The topological polar surface area (TPSA) is 61.7 Å². The molecule has 1 amide bonds. The van der Waals surface area contributed by atoms with E-state index in [-0.39, 0.29) is 10.6 Å². The van der Waals surface area contributed by atoms with E-state index in [1.165, 1.54) is 12.1 Å². The van der Waals surface area contributed by atoms with Crippen LogP contribution in [-0.2, 0) is 0 Å². The van der Waals surface area contributed by atoms with E-state index in [0.29, 0.717) is 17.0 Å². The van der Waals surface area contributed by atoms with Gasteiger partial charge in [-0.05, 0) is 25.1 Å². The van der Waals surface area contributed by atoms with Crippen LogP contribution in [0, 0.1) is 5.82 Å². The summed E-state index contributed by atoms with van der Waals surface area (Å²) in [6, 6.07) is 10.7. The third-order valence-corrected chi connectivity index (χ3v) is 3.22. The van der Waals surface area contributed by atoms with Crippen LogP contribution in [0.4, 0.5) is 10.1 Å². The number of carbonyl (C=O) groups excluding carboxylic acids is 1. The zero-order chi connectivity index (χ0) is 15.4. The second-order valence-electron chi connectivity index (χ2n) is 4.28. The van der Waals surface area contributed by atoms with Gasteiger partial charge in [-0.15, -0.1) is 0 Å². The molecule has 2 N–H and O–H groups in total. The van der Waals surface area contributed by atoms with Gasteiger partial charge in [0.25, 0.3) is 5.91 Å². The van der Waals surface area contributed by atoms with Gasteiger partial charge in [0, 0.05) is 5.56 Å². The minimum absolute atomic E-state index is 0.0255. The number of para-hydroxylation sites is 1. The van der Waals surface area contributed by atoms with Crippen molar-refractivity contribution in [1.29, 1.82) is 0 Å². The third-order valence-electron chi connectivity index (χ3n) is 2.90. The van der Waals surface area contributed by atoms with Crippen molar-refractivity contribution >= 4 is 28.9 Å². The molecular weight excluding hydrogens is 295 g/mol. The van der Waals surface area contributed by atoms with E-state index in [9.17, 15) is 9.18 Å². The Kier molecular flexibility index (Phi) is 4.55. The van der Waals surface area contributed by atoms with Gasteiger partial charge in [0.15, 0.2) is 0 Å². The second-order valence-corrected chi connectivity index (χ2v) is 4.69. The van der Waals surface area contributed by atoms with Crippen LogP contribution in [0.15, 0.2) is 47.6 Å². The fourth-order valence-corrected chi connectivity index (χ4v) is 2.11. The monoisotopic (exact) mass is 306 g/mol. The SMILES string of the molecule is C/C(=N\O)c1ccccc1NC(=O)c1c(F)cccc1Cl. The highest BCUT2D eigenvalue weighted by Gasteiger charge is 2.17. The zero-order valence-corrected chi connectivity index (χ0v) is 11.9. The lowest BCUT2D eigenvalue weighted by Gasteiger charge is -2.11. The Morgan fingerprint density at radius 1 is 1.24 bits per heavy atom. The third kappa shape index (κ3) is 3.20. The van der Waals surface area contributed by atoms with Crippen LogP contribution in [0.5, 0.6) is 0 Å². The van der Waals surface area contributed by atoms with E-state index < -0.39 is 11.7 Å². The number of nitrogens with zero attached hydrogens (tertiary/aromatic N) is 1. The number of amides is 1. The molecular formula is C15H12ClFN2O2. The molecule has 108 valence electrons. The van der Waals surface area contributed by atoms with Crippen LogP contribution in [-0.4, -0.2) is 16.8 Å². The standard InChI is InChI=1S/C15H12ClFN2O2/c1-9(19-21)10-5-2-3-8-13(10)18-15(20)14-11(16)6-4-7-12(14)17/h2-8,21H,1H3,(H,18,20)/b19-9+. The average Bonchev–Trinajstić information content (AvgIpc) is 2.47. The van der Waals surface area contributed by atoms with Gasteiger partial charge in [0.1, 0.15) is 5.82 Å². The molecule has 0 heterocycles. The number of anilines is 1. The molecule has 21 heavy (non-hydrogen) atoms. The summed E-state index contributed by atoms with van der Waals surface area (Å²) in [7, 11) is 0. The van der Waals surface area contributed by atoms with Crippen molar-refractivity contribution in [2.75, 3.05) is 5.32 Å². The Morgan fingerprint density at radius 2 is 1.95 bits per heavy atom. The first-order valence-electron chi connectivity index (χ1n) is 6.08. The maximum Gasteiger partial charge on any atom is 0.260 e. The van der Waals surface area contributed by atoms with Crippen molar-refractivity contribution in [1.82, 2.24) is 0 Å². The molecule has 2 aromatic rings. The van der Waals surface area contributed by atoms with E-state index >= 15 is 0 Å². The Balaban J connectivity index is 2.37. The summed E-state index contributed by atoms with van der Waals surface area (Å²) in [6.45, 7) is 1.58. The highest BCUT2D eigenvalue weighted by molar-refractivity contribution is 6.34. The van der Waals surface area contributed by atoms with Crippen molar-refractivity contribution in [2.45, 2.75) is 6.92 Å². The summed E-state index contributed by atoms with van der Waals surface area (Å²) >= 11 is 5.86. The first-order chi connectivity index (χ1) is 10.0. The number of oxime groups is 1. The molecule has 0 aliphatic rings. The van der Waals surface area contributed by atoms with Gasteiger partial charge in [-0.25, -0.2) is 4.39 Å². The highest BCUT2D eigenvalue weighted by Crippen LogP contribution is 2.22. The number of hydrogen-bond donors (Lipinski definition) is 2. The molecule has 0 atom stereocenters. The van der Waals surface area contributed by atoms with E-state index in [1.807, 2.05) is 0 Å².